The number of hydrogen-bond donors (Lipinski definition) is 2. The minimum absolute atomic E-state index is 0.224. The maximum absolute atomic E-state index is 13.5. The van der Waals surface area contributed by atoms with Crippen LogP contribution >= 0.6 is 0 Å². The normalized spacial score (nSPS) is 18.0. The molecule has 166 valence electrons. The van der Waals surface area contributed by atoms with E-state index in [-0.39, 0.29) is 11.5 Å². The van der Waals surface area contributed by atoms with E-state index in [0.717, 1.165) is 33.4 Å². The lowest BCUT2D eigenvalue weighted by Crippen LogP contribution is -2.32. The summed E-state index contributed by atoms with van der Waals surface area (Å²) >= 11 is 0. The van der Waals surface area contributed by atoms with Gasteiger partial charge in [0.15, 0.2) is 5.69 Å². The minimum Gasteiger partial charge on any atom is -0.384 e. The van der Waals surface area contributed by atoms with Crippen LogP contribution in [0.3, 0.4) is 0 Å². The summed E-state index contributed by atoms with van der Waals surface area (Å²) < 4.78 is 17.2. The Kier molecular flexibility index (Phi) is 4.98. The van der Waals surface area contributed by atoms with Crippen LogP contribution in [0.1, 0.15) is 28.2 Å². The van der Waals surface area contributed by atoms with E-state index in [0.29, 0.717) is 13.0 Å². The third kappa shape index (κ3) is 3.99. The maximum atomic E-state index is 13.5. The summed E-state index contributed by atoms with van der Waals surface area (Å²) in [5.41, 5.74) is 8.82. The van der Waals surface area contributed by atoms with Gasteiger partial charge in [0.2, 0.25) is 0 Å². The number of halogens is 1. The van der Waals surface area contributed by atoms with Gasteiger partial charge in [-0.1, -0.05) is 30.4 Å². The topological polar surface area (TPSA) is 86.1 Å². The monoisotopic (exact) mass is 442 g/mol. The molecule has 2 aromatic heterocycles. The average molecular weight is 442 g/mol. The van der Waals surface area contributed by atoms with Crippen LogP contribution in [0.2, 0.25) is 0 Å². The van der Waals surface area contributed by atoms with Crippen molar-refractivity contribution in [2.45, 2.75) is 25.5 Å². The highest BCUT2D eigenvalue weighted by Crippen LogP contribution is 2.30. The van der Waals surface area contributed by atoms with Crippen molar-refractivity contribution in [1.29, 1.82) is 0 Å². The molecular formula is C26H23FN4O2. The van der Waals surface area contributed by atoms with Crippen molar-refractivity contribution >= 4 is 22.4 Å². The molecule has 2 heterocycles. The van der Waals surface area contributed by atoms with Crippen molar-refractivity contribution in [3.05, 3.63) is 102 Å². The molecule has 0 saturated carbocycles. The Morgan fingerprint density at radius 3 is 2.76 bits per heavy atom. The molecule has 0 spiro atoms. The first-order valence-electron chi connectivity index (χ1n) is 10.6. The number of aromatic nitrogens is 3. The predicted octanol–water partition coefficient (Wildman–Crippen LogP) is 4.15. The summed E-state index contributed by atoms with van der Waals surface area (Å²) in [4.78, 5) is 11.4. The molecule has 1 aliphatic rings. The number of carbonyl (C=O) groups is 1. The van der Waals surface area contributed by atoms with Crippen LogP contribution in [0.5, 0.6) is 0 Å². The van der Waals surface area contributed by atoms with Gasteiger partial charge in [0.05, 0.1) is 12.2 Å². The van der Waals surface area contributed by atoms with Gasteiger partial charge in [-0.05, 0) is 60.5 Å². The van der Waals surface area contributed by atoms with Crippen molar-refractivity contribution in [3.63, 3.8) is 0 Å². The average Bonchev–Trinajstić information content (AvgIpc) is 3.37. The van der Waals surface area contributed by atoms with Gasteiger partial charge in [-0.25, -0.2) is 9.07 Å². The Morgan fingerprint density at radius 2 is 2.06 bits per heavy atom. The molecule has 0 saturated heterocycles. The number of carbonyl (C=O) groups excluding carboxylic acids is 1. The van der Waals surface area contributed by atoms with Crippen LogP contribution in [0.25, 0.3) is 22.2 Å². The molecule has 1 aliphatic carbocycles. The van der Waals surface area contributed by atoms with Gasteiger partial charge in [-0.15, -0.1) is 0 Å². The Balaban J connectivity index is 1.38. The zero-order valence-corrected chi connectivity index (χ0v) is 18.1. The Labute approximate surface area is 190 Å². The maximum Gasteiger partial charge on any atom is 0.269 e. The molecular weight excluding hydrogens is 419 g/mol. The summed E-state index contributed by atoms with van der Waals surface area (Å²) in [6.45, 7) is 2.25. The number of aliphatic hydroxyl groups is 1. The highest BCUT2D eigenvalue weighted by molar-refractivity contribution is 5.91. The fraction of sp³-hybridized carbons (Fsp3) is 0.154. The fourth-order valence-corrected chi connectivity index (χ4v) is 4.28. The molecule has 0 fully saturated rings. The number of allylic oxidation sites excluding steroid dienone is 2. The molecule has 0 bridgehead atoms. The third-order valence-electron chi connectivity index (χ3n) is 5.99. The van der Waals surface area contributed by atoms with Crippen LogP contribution in [-0.2, 0) is 6.54 Å². The molecule has 3 N–H and O–H groups in total. The quantitative estimate of drug-likeness (QED) is 0.487. The van der Waals surface area contributed by atoms with E-state index in [1.54, 1.807) is 22.9 Å². The van der Waals surface area contributed by atoms with Crippen LogP contribution in [0, 0.1) is 12.7 Å². The highest BCUT2D eigenvalue weighted by Gasteiger charge is 2.26. The van der Waals surface area contributed by atoms with Gasteiger partial charge < -0.3 is 15.4 Å². The summed E-state index contributed by atoms with van der Waals surface area (Å²) in [6, 6.07) is 16.0. The SMILES string of the molecule is Cc1cc(C(N)=O)nn1-c1ccc2c(ccn2CC2(O)C=CC(c3cccc(F)c3)=CC2)c1. The number of nitrogens with zero attached hydrogens (tertiary/aromatic N) is 3. The summed E-state index contributed by atoms with van der Waals surface area (Å²) in [6.07, 6.45) is 7.94. The van der Waals surface area contributed by atoms with Crippen molar-refractivity contribution in [3.8, 4) is 5.69 Å². The minimum atomic E-state index is -1.05. The lowest BCUT2D eigenvalue weighted by molar-refractivity contribution is 0.0755. The number of benzene rings is 2. The molecule has 1 atom stereocenters. The Bertz CT molecular complexity index is 1450. The molecule has 1 amide bonds. The number of hydrogen-bond acceptors (Lipinski definition) is 3. The van der Waals surface area contributed by atoms with E-state index < -0.39 is 11.5 Å². The van der Waals surface area contributed by atoms with E-state index in [2.05, 4.69) is 5.10 Å². The van der Waals surface area contributed by atoms with E-state index in [9.17, 15) is 14.3 Å². The molecule has 2 aromatic carbocycles. The second-order valence-electron chi connectivity index (χ2n) is 8.44. The van der Waals surface area contributed by atoms with Gasteiger partial charge in [-0.3, -0.25) is 4.79 Å². The van der Waals surface area contributed by atoms with Gasteiger partial charge in [0.1, 0.15) is 11.4 Å². The van der Waals surface area contributed by atoms with Gasteiger partial charge in [-0.2, -0.15) is 5.10 Å². The first kappa shape index (κ1) is 20.9. The number of nitrogens with two attached hydrogens (primary N) is 1. The number of primary amides is 1. The van der Waals surface area contributed by atoms with Crippen LogP contribution in [0.4, 0.5) is 4.39 Å². The van der Waals surface area contributed by atoms with E-state index in [1.807, 2.05) is 60.2 Å². The molecule has 6 nitrogen and oxygen atoms in total. The lowest BCUT2D eigenvalue weighted by atomic mass is 9.89. The van der Waals surface area contributed by atoms with E-state index in [4.69, 9.17) is 5.73 Å². The van der Waals surface area contributed by atoms with Crippen LogP contribution in [0.15, 0.2) is 79.0 Å². The van der Waals surface area contributed by atoms with Gasteiger partial charge in [0, 0.05) is 29.2 Å². The molecule has 7 heteroatoms. The number of rotatable bonds is 5. The molecule has 4 aromatic rings. The van der Waals surface area contributed by atoms with Gasteiger partial charge >= 0.3 is 0 Å². The first-order chi connectivity index (χ1) is 15.8. The van der Waals surface area contributed by atoms with E-state index >= 15 is 0 Å². The Hall–Kier alpha value is -3.97. The smallest absolute Gasteiger partial charge is 0.269 e. The zero-order chi connectivity index (χ0) is 23.2. The standard InChI is InChI=1S/C26H23FN4O2/c1-17-13-23(25(28)32)29-31(17)22-5-6-24-20(15-22)9-12-30(24)16-26(33)10-7-18(8-11-26)19-3-2-4-21(27)14-19/h2-10,12-15,33H,11,16H2,1H3,(H2,28,32). The number of fused-ring (bicyclic) bond motifs is 1. The Morgan fingerprint density at radius 1 is 1.21 bits per heavy atom. The van der Waals surface area contributed by atoms with Gasteiger partial charge in [0.25, 0.3) is 5.91 Å². The predicted molar refractivity (Wildman–Crippen MR) is 125 cm³/mol. The van der Waals surface area contributed by atoms with Crippen molar-refractivity contribution in [1.82, 2.24) is 14.3 Å². The largest absolute Gasteiger partial charge is 0.384 e. The molecule has 0 aliphatic heterocycles. The molecule has 0 radical (unpaired) electrons. The second-order valence-corrected chi connectivity index (χ2v) is 8.44. The second kappa shape index (κ2) is 7.86. The highest BCUT2D eigenvalue weighted by atomic mass is 19.1. The van der Waals surface area contributed by atoms with Crippen LogP contribution < -0.4 is 5.73 Å². The van der Waals surface area contributed by atoms with Crippen molar-refractivity contribution in [2.75, 3.05) is 0 Å². The number of amides is 1. The summed E-state index contributed by atoms with van der Waals surface area (Å²) in [5, 5.41) is 16.4. The van der Waals surface area contributed by atoms with Crippen molar-refractivity contribution < 1.29 is 14.3 Å². The molecule has 1 unspecified atom stereocenters. The van der Waals surface area contributed by atoms with Crippen molar-refractivity contribution in [2.24, 2.45) is 5.73 Å². The first-order valence-corrected chi connectivity index (χ1v) is 10.6. The number of aryl methyl sites for hydroxylation is 1. The van der Waals surface area contributed by atoms with Crippen LogP contribution in [-0.4, -0.2) is 31.0 Å². The molecule has 33 heavy (non-hydrogen) atoms. The summed E-state index contributed by atoms with van der Waals surface area (Å²) in [7, 11) is 0. The fourth-order valence-electron chi connectivity index (χ4n) is 4.28. The summed E-state index contributed by atoms with van der Waals surface area (Å²) in [5.74, 6) is -0.843. The lowest BCUT2D eigenvalue weighted by Gasteiger charge is -2.27. The third-order valence-corrected chi connectivity index (χ3v) is 5.99. The molecule has 5 rings (SSSR count). The van der Waals surface area contributed by atoms with E-state index in [1.165, 1.54) is 12.1 Å². The zero-order valence-electron chi connectivity index (χ0n) is 18.1.